The molecule has 0 radical (unpaired) electrons. The van der Waals surface area contributed by atoms with Crippen LogP contribution in [0.4, 0.5) is 0 Å². The molecule has 0 spiro atoms. The Morgan fingerprint density at radius 1 is 0.632 bits per heavy atom. The molecule has 0 unspecified atom stereocenters. The normalized spacial score (nSPS) is 22.2. The summed E-state index contributed by atoms with van der Waals surface area (Å²) in [5.41, 5.74) is 6.57. The van der Waals surface area contributed by atoms with Crippen molar-refractivity contribution in [1.29, 1.82) is 0 Å². The van der Waals surface area contributed by atoms with Crippen LogP contribution in [0.1, 0.15) is 90.9 Å². The molecule has 0 saturated carbocycles. The zero-order valence-corrected chi connectivity index (χ0v) is 13.0. The lowest BCUT2D eigenvalue weighted by molar-refractivity contribution is 0.679. The highest BCUT2D eigenvalue weighted by molar-refractivity contribution is 5.23. The van der Waals surface area contributed by atoms with Crippen molar-refractivity contribution in [3.05, 3.63) is 22.5 Å². The average Bonchev–Trinajstić information content (AvgIpc) is 2.79. The van der Waals surface area contributed by atoms with Crippen molar-refractivity contribution in [2.24, 2.45) is 0 Å². The summed E-state index contributed by atoms with van der Waals surface area (Å²) >= 11 is 0. The topological polar surface area (TPSA) is 12.0 Å². The molecule has 1 heteroatoms. The van der Waals surface area contributed by atoms with Gasteiger partial charge < -0.3 is 5.32 Å². The van der Waals surface area contributed by atoms with Gasteiger partial charge in [-0.15, -0.1) is 0 Å². The molecule has 0 saturated heterocycles. The first-order valence-corrected chi connectivity index (χ1v) is 8.54. The SMILES string of the molecule is CCC1=C(NC2=C(CC)CCCCC2)CCCCC1. The fourth-order valence-electron chi connectivity index (χ4n) is 3.55. The van der Waals surface area contributed by atoms with E-state index in [4.69, 9.17) is 0 Å². The van der Waals surface area contributed by atoms with Gasteiger partial charge in [-0.05, 0) is 64.2 Å². The third-order valence-electron chi connectivity index (χ3n) is 4.82. The Bertz CT molecular complexity index is 315. The largest absolute Gasteiger partial charge is 0.362 e. The molecule has 0 bridgehead atoms. The molecular formula is C18H31N. The number of hydrogen-bond acceptors (Lipinski definition) is 1. The van der Waals surface area contributed by atoms with Gasteiger partial charge in [0.2, 0.25) is 0 Å². The van der Waals surface area contributed by atoms with Crippen LogP contribution < -0.4 is 5.32 Å². The van der Waals surface area contributed by atoms with Gasteiger partial charge in [-0.1, -0.05) is 37.8 Å². The first-order valence-electron chi connectivity index (χ1n) is 8.54. The molecule has 1 N–H and O–H groups in total. The molecule has 0 fully saturated rings. The molecule has 0 heterocycles. The molecule has 2 aliphatic carbocycles. The Hall–Kier alpha value is -0.720. The quantitative estimate of drug-likeness (QED) is 0.671. The third kappa shape index (κ3) is 4.12. The monoisotopic (exact) mass is 261 g/mol. The highest BCUT2D eigenvalue weighted by Crippen LogP contribution is 2.29. The molecule has 19 heavy (non-hydrogen) atoms. The van der Waals surface area contributed by atoms with Crippen molar-refractivity contribution >= 4 is 0 Å². The molecule has 0 amide bonds. The van der Waals surface area contributed by atoms with E-state index < -0.39 is 0 Å². The van der Waals surface area contributed by atoms with Gasteiger partial charge in [0.1, 0.15) is 0 Å². The molecule has 2 aliphatic rings. The molecule has 0 aromatic carbocycles. The predicted octanol–water partition coefficient (Wildman–Crippen LogP) is 5.83. The van der Waals surface area contributed by atoms with Crippen molar-refractivity contribution in [3.8, 4) is 0 Å². The van der Waals surface area contributed by atoms with E-state index >= 15 is 0 Å². The number of hydrogen-bond donors (Lipinski definition) is 1. The average molecular weight is 261 g/mol. The van der Waals surface area contributed by atoms with Crippen LogP contribution in [-0.4, -0.2) is 0 Å². The Kier molecular flexibility index (Phi) is 6.00. The highest BCUT2D eigenvalue weighted by atomic mass is 14.9. The van der Waals surface area contributed by atoms with Crippen molar-refractivity contribution in [2.45, 2.75) is 90.9 Å². The predicted molar refractivity (Wildman–Crippen MR) is 83.9 cm³/mol. The van der Waals surface area contributed by atoms with Crippen molar-refractivity contribution in [3.63, 3.8) is 0 Å². The van der Waals surface area contributed by atoms with E-state index in [2.05, 4.69) is 19.2 Å². The van der Waals surface area contributed by atoms with Gasteiger partial charge in [0.15, 0.2) is 0 Å². The summed E-state index contributed by atoms with van der Waals surface area (Å²) in [5, 5.41) is 3.90. The van der Waals surface area contributed by atoms with Crippen LogP contribution in [-0.2, 0) is 0 Å². The number of nitrogens with one attached hydrogen (secondary N) is 1. The summed E-state index contributed by atoms with van der Waals surface area (Å²) in [6.45, 7) is 4.65. The van der Waals surface area contributed by atoms with Gasteiger partial charge in [0.05, 0.1) is 0 Å². The van der Waals surface area contributed by atoms with Crippen molar-refractivity contribution in [1.82, 2.24) is 5.32 Å². The van der Waals surface area contributed by atoms with E-state index in [1.165, 1.54) is 77.0 Å². The van der Waals surface area contributed by atoms with Crippen LogP contribution in [0.2, 0.25) is 0 Å². The van der Waals surface area contributed by atoms with Crippen molar-refractivity contribution < 1.29 is 0 Å². The molecular weight excluding hydrogens is 230 g/mol. The van der Waals surface area contributed by atoms with E-state index in [9.17, 15) is 0 Å². The Labute approximate surface area is 119 Å². The molecule has 0 aromatic heterocycles. The van der Waals surface area contributed by atoms with Crippen LogP contribution in [0.25, 0.3) is 0 Å². The lowest BCUT2D eigenvalue weighted by atomic mass is 10.0. The Balaban J connectivity index is 2.15. The van der Waals surface area contributed by atoms with Gasteiger partial charge in [-0.25, -0.2) is 0 Å². The van der Waals surface area contributed by atoms with Gasteiger partial charge in [0, 0.05) is 11.4 Å². The second kappa shape index (κ2) is 7.77. The van der Waals surface area contributed by atoms with Crippen LogP contribution in [0.15, 0.2) is 22.5 Å². The highest BCUT2D eigenvalue weighted by Gasteiger charge is 2.14. The van der Waals surface area contributed by atoms with E-state index in [1.807, 2.05) is 0 Å². The van der Waals surface area contributed by atoms with Crippen LogP contribution in [0, 0.1) is 0 Å². The zero-order valence-electron chi connectivity index (χ0n) is 13.0. The summed E-state index contributed by atoms with van der Waals surface area (Å²) in [6, 6.07) is 0. The Morgan fingerprint density at radius 2 is 1.05 bits per heavy atom. The van der Waals surface area contributed by atoms with Gasteiger partial charge in [-0.2, -0.15) is 0 Å². The fraction of sp³-hybridized carbons (Fsp3) is 0.778. The number of rotatable bonds is 4. The minimum atomic E-state index is 1.23. The molecule has 0 aromatic rings. The van der Waals surface area contributed by atoms with E-state index in [-0.39, 0.29) is 0 Å². The zero-order chi connectivity index (χ0) is 13.5. The maximum absolute atomic E-state index is 3.90. The van der Waals surface area contributed by atoms with E-state index in [1.54, 1.807) is 22.5 Å². The Morgan fingerprint density at radius 3 is 1.47 bits per heavy atom. The van der Waals surface area contributed by atoms with Crippen LogP contribution in [0.5, 0.6) is 0 Å². The molecule has 2 rings (SSSR count). The first-order chi connectivity index (χ1) is 9.35. The summed E-state index contributed by atoms with van der Waals surface area (Å²) in [4.78, 5) is 0. The number of allylic oxidation sites excluding steroid dienone is 4. The fourth-order valence-corrected chi connectivity index (χ4v) is 3.55. The molecule has 108 valence electrons. The summed E-state index contributed by atoms with van der Waals surface area (Å²) in [7, 11) is 0. The maximum Gasteiger partial charge on any atom is 0.0140 e. The van der Waals surface area contributed by atoms with Gasteiger partial charge >= 0.3 is 0 Å². The summed E-state index contributed by atoms with van der Waals surface area (Å²) in [6.07, 6.45) is 16.1. The smallest absolute Gasteiger partial charge is 0.0140 e. The van der Waals surface area contributed by atoms with E-state index in [0.717, 1.165) is 0 Å². The van der Waals surface area contributed by atoms with Crippen molar-refractivity contribution in [2.75, 3.05) is 0 Å². The molecule has 1 nitrogen and oxygen atoms in total. The third-order valence-corrected chi connectivity index (χ3v) is 4.82. The second-order valence-electron chi connectivity index (χ2n) is 6.12. The summed E-state index contributed by atoms with van der Waals surface area (Å²) < 4.78 is 0. The standard InChI is InChI=1S/C18H31N/c1-3-15-11-7-5-9-13-17(15)19-18-14-10-6-8-12-16(18)4-2/h19H,3-14H2,1-2H3. The second-order valence-corrected chi connectivity index (χ2v) is 6.12. The van der Waals surface area contributed by atoms with E-state index in [0.29, 0.717) is 0 Å². The minimum Gasteiger partial charge on any atom is -0.362 e. The minimum absolute atomic E-state index is 1.23. The lowest BCUT2D eigenvalue weighted by Crippen LogP contribution is -2.16. The maximum atomic E-state index is 3.90. The summed E-state index contributed by atoms with van der Waals surface area (Å²) in [5.74, 6) is 0. The molecule has 0 atom stereocenters. The van der Waals surface area contributed by atoms with Gasteiger partial charge in [0.25, 0.3) is 0 Å². The molecule has 0 aliphatic heterocycles. The first kappa shape index (κ1) is 14.7. The lowest BCUT2D eigenvalue weighted by Gasteiger charge is -2.19. The van der Waals surface area contributed by atoms with Gasteiger partial charge in [-0.3, -0.25) is 0 Å². The van der Waals surface area contributed by atoms with Crippen LogP contribution in [0.3, 0.4) is 0 Å². The van der Waals surface area contributed by atoms with Crippen LogP contribution >= 0.6 is 0 Å².